The monoisotopic (exact) mass is 286 g/mol. The Balaban J connectivity index is 2.18. The van der Waals surface area contributed by atoms with E-state index < -0.39 is 0 Å². The minimum absolute atomic E-state index is 0.303. The summed E-state index contributed by atoms with van der Waals surface area (Å²) in [5.41, 5.74) is 5.60. The molecule has 6 heteroatoms. The first kappa shape index (κ1) is 11.6. The van der Waals surface area contributed by atoms with Gasteiger partial charge in [0.2, 0.25) is 5.95 Å². The largest absolute Gasteiger partial charge is 0.381 e. The highest BCUT2D eigenvalue weighted by Gasteiger charge is 2.21. The zero-order valence-electron chi connectivity index (χ0n) is 9.19. The van der Waals surface area contributed by atoms with Gasteiger partial charge in [-0.25, -0.2) is 4.98 Å². The topological polar surface area (TPSA) is 64.3 Å². The fourth-order valence-corrected chi connectivity index (χ4v) is 2.33. The molecular weight excluding hydrogens is 272 g/mol. The van der Waals surface area contributed by atoms with Gasteiger partial charge in [0.1, 0.15) is 5.82 Å². The van der Waals surface area contributed by atoms with Crippen LogP contribution in [0, 0.1) is 0 Å². The molecule has 16 heavy (non-hydrogen) atoms. The van der Waals surface area contributed by atoms with Crippen molar-refractivity contribution in [1.29, 1.82) is 0 Å². The summed E-state index contributed by atoms with van der Waals surface area (Å²) in [4.78, 5) is 10.3. The fourth-order valence-electron chi connectivity index (χ4n) is 1.86. The highest BCUT2D eigenvalue weighted by Crippen LogP contribution is 2.26. The van der Waals surface area contributed by atoms with E-state index in [2.05, 4.69) is 30.8 Å². The molecule has 0 aromatic carbocycles. The lowest BCUT2D eigenvalue weighted by Crippen LogP contribution is -2.37. The van der Waals surface area contributed by atoms with Gasteiger partial charge in [0.05, 0.1) is 4.47 Å². The van der Waals surface area contributed by atoms with Crippen molar-refractivity contribution in [1.82, 2.24) is 9.97 Å². The van der Waals surface area contributed by atoms with Crippen molar-refractivity contribution in [2.75, 3.05) is 30.9 Å². The number of halogens is 1. The van der Waals surface area contributed by atoms with E-state index in [4.69, 9.17) is 10.5 Å². The van der Waals surface area contributed by atoms with Crippen LogP contribution in [-0.2, 0) is 4.74 Å². The Kier molecular flexibility index (Phi) is 3.60. The maximum Gasteiger partial charge on any atom is 0.222 e. The lowest BCUT2D eigenvalue weighted by molar-refractivity contribution is 0.0853. The Labute approximate surface area is 103 Å². The van der Waals surface area contributed by atoms with Crippen molar-refractivity contribution in [3.8, 4) is 0 Å². The summed E-state index contributed by atoms with van der Waals surface area (Å²) >= 11 is 3.44. The van der Waals surface area contributed by atoms with Crippen LogP contribution >= 0.6 is 15.9 Å². The molecule has 1 aliphatic heterocycles. The third-order valence-corrected chi connectivity index (χ3v) is 3.38. The molecule has 1 aromatic rings. The van der Waals surface area contributed by atoms with Gasteiger partial charge < -0.3 is 15.4 Å². The molecule has 0 atom stereocenters. The average Bonchev–Trinajstić information content (AvgIpc) is 2.32. The Morgan fingerprint density at radius 3 is 2.88 bits per heavy atom. The van der Waals surface area contributed by atoms with Crippen LogP contribution in [0.2, 0.25) is 0 Å². The van der Waals surface area contributed by atoms with Gasteiger partial charge in [0.15, 0.2) is 0 Å². The Morgan fingerprint density at radius 1 is 1.50 bits per heavy atom. The van der Waals surface area contributed by atoms with E-state index in [-0.39, 0.29) is 0 Å². The van der Waals surface area contributed by atoms with Gasteiger partial charge in [-0.1, -0.05) is 0 Å². The number of aromatic nitrogens is 2. The number of hydrogen-bond donors (Lipinski definition) is 1. The van der Waals surface area contributed by atoms with Crippen LogP contribution in [0.25, 0.3) is 0 Å². The molecule has 2 heterocycles. The summed E-state index contributed by atoms with van der Waals surface area (Å²) in [6.45, 7) is 1.63. The quantitative estimate of drug-likeness (QED) is 0.891. The SMILES string of the molecule is CN(c1nc(N)ncc1Br)C1CCOCC1. The molecule has 1 fully saturated rings. The molecule has 1 saturated heterocycles. The Bertz CT molecular complexity index is 368. The van der Waals surface area contributed by atoms with Crippen molar-refractivity contribution in [3.63, 3.8) is 0 Å². The molecule has 0 unspecified atom stereocenters. The first-order valence-electron chi connectivity index (χ1n) is 5.27. The van der Waals surface area contributed by atoms with E-state index in [1.807, 2.05) is 7.05 Å². The molecule has 0 aliphatic carbocycles. The fraction of sp³-hybridized carbons (Fsp3) is 0.600. The van der Waals surface area contributed by atoms with Crippen molar-refractivity contribution in [2.45, 2.75) is 18.9 Å². The molecule has 2 N–H and O–H groups in total. The number of nitrogens with two attached hydrogens (primary N) is 1. The molecule has 0 amide bonds. The Hall–Kier alpha value is -0.880. The predicted octanol–water partition coefficient (Wildman–Crippen LogP) is 1.44. The van der Waals surface area contributed by atoms with Crippen LogP contribution < -0.4 is 10.6 Å². The van der Waals surface area contributed by atoms with Crippen LogP contribution in [0.15, 0.2) is 10.7 Å². The zero-order valence-corrected chi connectivity index (χ0v) is 10.8. The molecule has 1 aliphatic rings. The normalized spacial score (nSPS) is 17.4. The van der Waals surface area contributed by atoms with Crippen LogP contribution in [0.1, 0.15) is 12.8 Å². The Morgan fingerprint density at radius 2 is 2.19 bits per heavy atom. The van der Waals surface area contributed by atoms with Gasteiger partial charge in [0, 0.05) is 32.5 Å². The molecular formula is C10H15BrN4O. The van der Waals surface area contributed by atoms with Crippen LogP contribution in [0.4, 0.5) is 11.8 Å². The van der Waals surface area contributed by atoms with E-state index in [0.717, 1.165) is 36.3 Å². The summed E-state index contributed by atoms with van der Waals surface area (Å²) in [7, 11) is 2.03. The van der Waals surface area contributed by atoms with Gasteiger partial charge >= 0.3 is 0 Å². The van der Waals surface area contributed by atoms with Crippen molar-refractivity contribution >= 4 is 27.7 Å². The van der Waals surface area contributed by atoms with E-state index in [0.29, 0.717) is 12.0 Å². The van der Waals surface area contributed by atoms with Gasteiger partial charge in [-0.2, -0.15) is 4.98 Å². The van der Waals surface area contributed by atoms with Crippen molar-refractivity contribution in [2.24, 2.45) is 0 Å². The number of ether oxygens (including phenoxy) is 1. The van der Waals surface area contributed by atoms with Crippen LogP contribution in [0.5, 0.6) is 0 Å². The lowest BCUT2D eigenvalue weighted by Gasteiger charge is -2.32. The molecule has 0 radical (unpaired) electrons. The van der Waals surface area contributed by atoms with E-state index in [9.17, 15) is 0 Å². The predicted molar refractivity (Wildman–Crippen MR) is 66.4 cm³/mol. The second-order valence-corrected chi connectivity index (χ2v) is 4.71. The molecule has 0 bridgehead atoms. The molecule has 0 spiro atoms. The summed E-state index contributed by atoms with van der Waals surface area (Å²) in [6, 6.07) is 0.458. The molecule has 2 rings (SSSR count). The minimum Gasteiger partial charge on any atom is -0.381 e. The van der Waals surface area contributed by atoms with Crippen LogP contribution in [0.3, 0.4) is 0 Å². The standard InChI is InChI=1S/C10H15BrN4O/c1-15(7-2-4-16-5-3-7)9-8(11)6-13-10(12)14-9/h6-7H,2-5H2,1H3,(H2,12,13,14). The molecule has 88 valence electrons. The van der Waals surface area contributed by atoms with E-state index >= 15 is 0 Å². The lowest BCUT2D eigenvalue weighted by atomic mass is 10.1. The number of anilines is 2. The second-order valence-electron chi connectivity index (χ2n) is 3.85. The van der Waals surface area contributed by atoms with E-state index in [1.165, 1.54) is 0 Å². The summed E-state index contributed by atoms with van der Waals surface area (Å²) in [6.07, 6.45) is 3.73. The highest BCUT2D eigenvalue weighted by atomic mass is 79.9. The maximum atomic E-state index is 5.60. The number of hydrogen-bond acceptors (Lipinski definition) is 5. The third kappa shape index (κ3) is 2.44. The number of rotatable bonds is 2. The van der Waals surface area contributed by atoms with E-state index in [1.54, 1.807) is 6.20 Å². The zero-order chi connectivity index (χ0) is 11.5. The molecule has 1 aromatic heterocycles. The van der Waals surface area contributed by atoms with Crippen molar-refractivity contribution in [3.05, 3.63) is 10.7 Å². The average molecular weight is 287 g/mol. The second kappa shape index (κ2) is 4.97. The molecule has 0 saturated carbocycles. The molecule has 5 nitrogen and oxygen atoms in total. The summed E-state index contributed by atoms with van der Waals surface area (Å²) in [5, 5.41) is 0. The van der Waals surface area contributed by atoms with Crippen LogP contribution in [-0.4, -0.2) is 36.3 Å². The maximum absolute atomic E-state index is 5.60. The smallest absolute Gasteiger partial charge is 0.222 e. The third-order valence-electron chi connectivity index (χ3n) is 2.82. The van der Waals surface area contributed by atoms with Gasteiger partial charge in [-0.3, -0.25) is 0 Å². The van der Waals surface area contributed by atoms with Gasteiger partial charge in [-0.05, 0) is 28.8 Å². The number of nitrogen functional groups attached to an aromatic ring is 1. The first-order chi connectivity index (χ1) is 7.68. The summed E-state index contributed by atoms with van der Waals surface area (Å²) in [5.74, 6) is 1.15. The van der Waals surface area contributed by atoms with Gasteiger partial charge in [-0.15, -0.1) is 0 Å². The highest BCUT2D eigenvalue weighted by molar-refractivity contribution is 9.10. The minimum atomic E-state index is 0.303. The van der Waals surface area contributed by atoms with Gasteiger partial charge in [0.25, 0.3) is 0 Å². The number of nitrogens with zero attached hydrogens (tertiary/aromatic N) is 3. The summed E-state index contributed by atoms with van der Waals surface area (Å²) < 4.78 is 6.21. The first-order valence-corrected chi connectivity index (χ1v) is 6.06. The van der Waals surface area contributed by atoms with Crippen molar-refractivity contribution < 1.29 is 4.74 Å².